The predicted octanol–water partition coefficient (Wildman–Crippen LogP) is 3.21. The third-order valence-corrected chi connectivity index (χ3v) is 5.19. The van der Waals surface area contributed by atoms with Crippen molar-refractivity contribution in [2.24, 2.45) is 10.9 Å². The molecule has 0 fully saturated rings. The van der Waals surface area contributed by atoms with Crippen molar-refractivity contribution >= 4 is 39.3 Å². The van der Waals surface area contributed by atoms with E-state index in [1.807, 2.05) is 36.5 Å². The molecule has 0 unspecified atom stereocenters. The molecule has 0 saturated heterocycles. The summed E-state index contributed by atoms with van der Waals surface area (Å²) in [5.74, 6) is 1.00. The number of hydrogen-bond donors (Lipinski definition) is 1. The van der Waals surface area contributed by atoms with E-state index in [4.69, 9.17) is 11.6 Å². The van der Waals surface area contributed by atoms with Crippen LogP contribution in [0.25, 0.3) is 0 Å². The van der Waals surface area contributed by atoms with Gasteiger partial charge >= 0.3 is 0 Å². The van der Waals surface area contributed by atoms with E-state index < -0.39 is 0 Å². The zero-order valence-corrected chi connectivity index (χ0v) is 14.4. The van der Waals surface area contributed by atoms with E-state index in [2.05, 4.69) is 31.1 Å². The molecule has 0 radical (unpaired) electrons. The SMILES string of the molecule is O=C1C=CC2=CN=C(c3ccc(Cl)cc3)N3C[C@@H](CBr)C(=C23)N1. The van der Waals surface area contributed by atoms with Gasteiger partial charge in [-0.3, -0.25) is 4.79 Å². The molecule has 3 aliphatic rings. The zero-order chi connectivity index (χ0) is 16.0. The van der Waals surface area contributed by atoms with E-state index in [9.17, 15) is 4.79 Å². The van der Waals surface area contributed by atoms with Crippen molar-refractivity contribution in [3.63, 3.8) is 0 Å². The molecule has 4 rings (SSSR count). The van der Waals surface area contributed by atoms with Crippen LogP contribution in [0.3, 0.4) is 0 Å². The van der Waals surface area contributed by atoms with Gasteiger partial charge in [0.2, 0.25) is 5.91 Å². The van der Waals surface area contributed by atoms with Crippen LogP contribution in [0.2, 0.25) is 5.02 Å². The molecule has 0 saturated carbocycles. The molecule has 0 bridgehead atoms. The summed E-state index contributed by atoms with van der Waals surface area (Å²) in [5, 5.41) is 4.50. The van der Waals surface area contributed by atoms with Crippen molar-refractivity contribution in [3.8, 4) is 0 Å². The van der Waals surface area contributed by atoms with Crippen molar-refractivity contribution in [2.45, 2.75) is 0 Å². The Balaban J connectivity index is 1.84. The average molecular weight is 391 g/mol. The Kier molecular flexibility index (Phi) is 3.62. The molecule has 6 heteroatoms. The minimum atomic E-state index is -0.0938. The van der Waals surface area contributed by atoms with Crippen LogP contribution in [-0.4, -0.2) is 28.5 Å². The van der Waals surface area contributed by atoms with Gasteiger partial charge < -0.3 is 10.2 Å². The van der Waals surface area contributed by atoms with Crippen LogP contribution < -0.4 is 5.32 Å². The second-order valence-corrected chi connectivity index (χ2v) is 6.67. The fraction of sp³-hybridized carbons (Fsp3) is 0.176. The highest BCUT2D eigenvalue weighted by Gasteiger charge is 2.38. The highest BCUT2D eigenvalue weighted by Crippen LogP contribution is 2.37. The Morgan fingerprint density at radius 3 is 2.83 bits per heavy atom. The molecule has 4 nitrogen and oxygen atoms in total. The van der Waals surface area contributed by atoms with Crippen LogP contribution in [0.15, 0.2) is 64.6 Å². The number of aliphatic imine (C=N–C) groups is 1. The lowest BCUT2D eigenvalue weighted by molar-refractivity contribution is -0.115. The minimum absolute atomic E-state index is 0.0938. The number of carbonyl (C=O) groups excluding carboxylic acids is 1. The first kappa shape index (κ1) is 14.7. The third-order valence-electron chi connectivity index (χ3n) is 4.15. The number of rotatable bonds is 2. The highest BCUT2D eigenvalue weighted by atomic mass is 79.9. The number of benzene rings is 1. The normalized spacial score (nSPS) is 22.4. The van der Waals surface area contributed by atoms with E-state index in [0.717, 1.165) is 40.2 Å². The van der Waals surface area contributed by atoms with Gasteiger partial charge in [0.15, 0.2) is 0 Å². The molecule has 3 aliphatic heterocycles. The van der Waals surface area contributed by atoms with Crippen molar-refractivity contribution in [3.05, 3.63) is 70.2 Å². The number of nitrogens with one attached hydrogen (secondary N) is 1. The van der Waals surface area contributed by atoms with E-state index >= 15 is 0 Å². The maximum atomic E-state index is 11.9. The van der Waals surface area contributed by atoms with Crippen LogP contribution in [0.4, 0.5) is 0 Å². The van der Waals surface area contributed by atoms with Gasteiger partial charge in [-0.05, 0) is 30.3 Å². The molecular formula is C17H13BrClN3O. The summed E-state index contributed by atoms with van der Waals surface area (Å²) in [5.41, 5.74) is 3.96. The summed E-state index contributed by atoms with van der Waals surface area (Å²) in [4.78, 5) is 18.7. The van der Waals surface area contributed by atoms with Crippen molar-refractivity contribution < 1.29 is 4.79 Å². The number of allylic oxidation sites excluding steroid dienone is 1. The summed E-state index contributed by atoms with van der Waals surface area (Å²) in [6.07, 6.45) is 5.20. The summed E-state index contributed by atoms with van der Waals surface area (Å²) in [7, 11) is 0. The third kappa shape index (κ3) is 2.44. The quantitative estimate of drug-likeness (QED) is 0.788. The molecule has 23 heavy (non-hydrogen) atoms. The average Bonchev–Trinajstić information content (AvgIpc) is 2.83. The van der Waals surface area contributed by atoms with Crippen molar-refractivity contribution in [1.82, 2.24) is 10.2 Å². The van der Waals surface area contributed by atoms with Gasteiger partial charge in [-0.1, -0.05) is 27.5 Å². The smallest absolute Gasteiger partial charge is 0.248 e. The summed E-state index contributed by atoms with van der Waals surface area (Å²) >= 11 is 9.54. The predicted molar refractivity (Wildman–Crippen MR) is 94.4 cm³/mol. The number of hydrogen-bond acceptors (Lipinski definition) is 3. The Labute approximate surface area is 147 Å². The number of halogens is 2. The summed E-state index contributed by atoms with van der Waals surface area (Å²) in [6, 6.07) is 7.65. The van der Waals surface area contributed by atoms with Crippen molar-refractivity contribution in [1.29, 1.82) is 0 Å². The largest absolute Gasteiger partial charge is 0.324 e. The molecule has 0 spiro atoms. The Morgan fingerprint density at radius 2 is 2.09 bits per heavy atom. The second kappa shape index (κ2) is 5.65. The lowest BCUT2D eigenvalue weighted by Crippen LogP contribution is -2.32. The van der Waals surface area contributed by atoms with Gasteiger partial charge in [-0.2, -0.15) is 0 Å². The first-order valence-corrected chi connectivity index (χ1v) is 8.78. The number of nitrogens with zero attached hydrogens (tertiary/aromatic N) is 2. The molecule has 1 N–H and O–H groups in total. The topological polar surface area (TPSA) is 44.7 Å². The van der Waals surface area contributed by atoms with Gasteiger partial charge in [0.05, 0.1) is 5.70 Å². The van der Waals surface area contributed by atoms with Crippen molar-refractivity contribution in [2.75, 3.05) is 11.9 Å². The van der Waals surface area contributed by atoms with E-state index in [-0.39, 0.29) is 11.8 Å². The maximum Gasteiger partial charge on any atom is 0.248 e. The molecule has 1 atom stereocenters. The van der Waals surface area contributed by atoms with Crippen LogP contribution in [0, 0.1) is 5.92 Å². The van der Waals surface area contributed by atoms with E-state index in [1.165, 1.54) is 0 Å². The summed E-state index contributed by atoms with van der Waals surface area (Å²) in [6.45, 7) is 0.781. The highest BCUT2D eigenvalue weighted by molar-refractivity contribution is 9.09. The number of alkyl halides is 1. The Hall–Kier alpha value is -1.85. The summed E-state index contributed by atoms with van der Waals surface area (Å²) < 4.78 is 0. The van der Waals surface area contributed by atoms with Crippen LogP contribution in [0.5, 0.6) is 0 Å². The van der Waals surface area contributed by atoms with E-state index in [1.54, 1.807) is 6.08 Å². The number of carbonyl (C=O) groups is 1. The fourth-order valence-electron chi connectivity index (χ4n) is 3.09. The van der Waals surface area contributed by atoms with Gasteiger partial charge in [0.25, 0.3) is 0 Å². The van der Waals surface area contributed by atoms with E-state index in [0.29, 0.717) is 5.02 Å². The van der Waals surface area contributed by atoms with Gasteiger partial charge in [-0.25, -0.2) is 4.99 Å². The number of amidine groups is 1. The molecule has 0 aromatic heterocycles. The molecule has 0 aliphatic carbocycles. The standard InChI is InChI=1S/C17H13BrClN3O/c18-7-12-9-22-16-11(3-6-14(23)21-15(12)16)8-20-17(22)10-1-4-13(19)5-2-10/h1-6,8,12H,7,9H2,(H,21,23)/t12-/m1/s1. The lowest BCUT2D eigenvalue weighted by atomic mass is 10.1. The van der Waals surface area contributed by atoms with Crippen LogP contribution >= 0.6 is 27.5 Å². The van der Waals surface area contributed by atoms with Gasteiger partial charge in [0.1, 0.15) is 5.84 Å². The first-order chi connectivity index (χ1) is 11.2. The molecule has 116 valence electrons. The fourth-order valence-corrected chi connectivity index (χ4v) is 3.74. The monoisotopic (exact) mass is 389 g/mol. The van der Waals surface area contributed by atoms with Gasteiger partial charge in [-0.15, -0.1) is 0 Å². The second-order valence-electron chi connectivity index (χ2n) is 5.59. The molecular weight excluding hydrogens is 378 g/mol. The molecule has 1 aromatic rings. The number of amides is 1. The van der Waals surface area contributed by atoms with Crippen LogP contribution in [0.1, 0.15) is 5.56 Å². The molecule has 1 aromatic carbocycles. The molecule has 3 heterocycles. The van der Waals surface area contributed by atoms with Gasteiger partial charge in [0, 0.05) is 51.9 Å². The molecule has 1 amide bonds. The lowest BCUT2D eigenvalue weighted by Gasteiger charge is -2.27. The first-order valence-electron chi connectivity index (χ1n) is 7.28. The zero-order valence-electron chi connectivity index (χ0n) is 12.1. The minimum Gasteiger partial charge on any atom is -0.324 e. The Bertz CT molecular complexity index is 808. The maximum absolute atomic E-state index is 11.9. The Morgan fingerprint density at radius 1 is 1.30 bits per heavy atom. The van der Waals surface area contributed by atoms with Crippen LogP contribution in [-0.2, 0) is 4.79 Å².